The van der Waals surface area contributed by atoms with Crippen molar-refractivity contribution < 1.29 is 10.4 Å². The zero-order valence-electron chi connectivity index (χ0n) is 9.82. The summed E-state index contributed by atoms with van der Waals surface area (Å²) in [5.74, 6) is 0. The minimum Gasteiger partial charge on any atom is -0.316 e. The van der Waals surface area contributed by atoms with Crippen molar-refractivity contribution in [1.82, 2.24) is 20.9 Å². The van der Waals surface area contributed by atoms with Gasteiger partial charge in [-0.2, -0.15) is 5.48 Å². The first-order valence-electron chi connectivity index (χ1n) is 5.39. The van der Waals surface area contributed by atoms with Crippen LogP contribution in [0.1, 0.15) is 11.3 Å². The van der Waals surface area contributed by atoms with Crippen LogP contribution in [0, 0.1) is 0 Å². The molecule has 2 rings (SSSR count). The molecule has 0 aliphatic heterocycles. The summed E-state index contributed by atoms with van der Waals surface area (Å²) in [7, 11) is 0. The Balaban J connectivity index is 0.000000180. The van der Waals surface area contributed by atoms with Gasteiger partial charge >= 0.3 is 0 Å². The van der Waals surface area contributed by atoms with Crippen LogP contribution in [0.5, 0.6) is 0 Å². The Labute approximate surface area is 105 Å². The molecule has 96 valence electrons. The summed E-state index contributed by atoms with van der Waals surface area (Å²) >= 11 is 0. The van der Waals surface area contributed by atoms with Gasteiger partial charge in [0.25, 0.3) is 0 Å². The highest BCUT2D eigenvalue weighted by atomic mass is 16.5. The summed E-state index contributed by atoms with van der Waals surface area (Å²) in [6.45, 7) is 0.856. The fourth-order valence-electron chi connectivity index (χ4n) is 1.18. The molecule has 0 spiro atoms. The molecule has 0 aromatic carbocycles. The topological polar surface area (TPSA) is 90.3 Å². The van der Waals surface area contributed by atoms with Gasteiger partial charge in [0, 0.05) is 25.1 Å². The molecule has 2 heterocycles. The first kappa shape index (κ1) is 14.2. The van der Waals surface area contributed by atoms with Crippen molar-refractivity contribution in [3.63, 3.8) is 0 Å². The van der Waals surface area contributed by atoms with Crippen molar-refractivity contribution >= 4 is 0 Å². The molecule has 0 aliphatic rings. The highest BCUT2D eigenvalue weighted by molar-refractivity contribution is 5.07. The molecule has 0 amide bonds. The lowest BCUT2D eigenvalue weighted by molar-refractivity contribution is 0.160. The van der Waals surface area contributed by atoms with E-state index in [0.29, 0.717) is 13.1 Å². The average Bonchev–Trinajstić information content (AvgIpc) is 2.43. The molecular weight excluding hydrogens is 232 g/mol. The van der Waals surface area contributed by atoms with E-state index in [2.05, 4.69) is 9.97 Å². The largest absolute Gasteiger partial charge is 0.316 e. The number of hydrogen-bond acceptors (Lipinski definition) is 6. The van der Waals surface area contributed by atoms with Crippen LogP contribution >= 0.6 is 0 Å². The summed E-state index contributed by atoms with van der Waals surface area (Å²) < 4.78 is 0. The fraction of sp³-hybridized carbons (Fsp3) is 0.167. The molecule has 0 unspecified atom stereocenters. The second-order valence-electron chi connectivity index (χ2n) is 3.35. The van der Waals surface area contributed by atoms with Crippen molar-refractivity contribution in [1.29, 1.82) is 0 Å². The predicted octanol–water partition coefficient (Wildman–Crippen LogP) is 1.12. The van der Waals surface area contributed by atoms with Crippen LogP contribution in [0.2, 0.25) is 0 Å². The van der Waals surface area contributed by atoms with E-state index in [9.17, 15) is 0 Å². The summed E-state index contributed by atoms with van der Waals surface area (Å²) in [6, 6.07) is 9.26. The highest BCUT2D eigenvalue weighted by Gasteiger charge is 1.86. The number of nitrogens with one attached hydrogen (secondary N) is 2. The summed E-state index contributed by atoms with van der Waals surface area (Å²) in [5, 5.41) is 16.5. The Hall–Kier alpha value is -1.86. The van der Waals surface area contributed by atoms with Crippen molar-refractivity contribution in [2.24, 2.45) is 0 Å². The molecular formula is C12H16N4O2. The van der Waals surface area contributed by atoms with Gasteiger partial charge in [-0.3, -0.25) is 9.97 Å². The van der Waals surface area contributed by atoms with E-state index in [1.54, 1.807) is 18.6 Å². The minimum absolute atomic E-state index is 0.404. The second kappa shape index (κ2) is 9.20. The molecule has 18 heavy (non-hydrogen) atoms. The van der Waals surface area contributed by atoms with Gasteiger partial charge in [0.15, 0.2) is 0 Å². The Morgan fingerprint density at radius 1 is 0.944 bits per heavy atom. The molecule has 6 nitrogen and oxygen atoms in total. The van der Waals surface area contributed by atoms with Crippen LogP contribution < -0.4 is 11.0 Å². The monoisotopic (exact) mass is 248 g/mol. The third-order valence-corrected chi connectivity index (χ3v) is 1.99. The van der Waals surface area contributed by atoms with Gasteiger partial charge in [-0.15, -0.1) is 0 Å². The van der Waals surface area contributed by atoms with Crippen molar-refractivity contribution in [2.75, 3.05) is 0 Å². The van der Waals surface area contributed by atoms with E-state index in [4.69, 9.17) is 10.4 Å². The lowest BCUT2D eigenvalue weighted by Gasteiger charge is -1.94. The first-order valence-corrected chi connectivity index (χ1v) is 5.39. The second-order valence-corrected chi connectivity index (χ2v) is 3.35. The van der Waals surface area contributed by atoms with Gasteiger partial charge in [0.1, 0.15) is 0 Å². The normalized spacial score (nSPS) is 9.44. The number of nitrogens with zero attached hydrogens (tertiary/aromatic N) is 2. The molecule has 0 bridgehead atoms. The Morgan fingerprint density at radius 2 is 1.78 bits per heavy atom. The van der Waals surface area contributed by atoms with Gasteiger partial charge in [0.05, 0.1) is 12.2 Å². The standard InChI is InChI=1S/2C6H8N2O/c9-8-5-6-2-1-3-7-4-6;9-8-5-6-3-1-2-4-7-6/h2*1-4,8-9H,5H2. The minimum atomic E-state index is 0.404. The van der Waals surface area contributed by atoms with E-state index >= 15 is 0 Å². The average molecular weight is 248 g/mol. The zero-order chi connectivity index (χ0) is 13.1. The van der Waals surface area contributed by atoms with Crippen LogP contribution in [-0.2, 0) is 13.1 Å². The van der Waals surface area contributed by atoms with Gasteiger partial charge in [0.2, 0.25) is 0 Å². The van der Waals surface area contributed by atoms with Crippen molar-refractivity contribution in [3.05, 3.63) is 60.2 Å². The molecule has 2 aromatic heterocycles. The summed E-state index contributed by atoms with van der Waals surface area (Å²) in [6.07, 6.45) is 5.08. The molecule has 4 N–H and O–H groups in total. The first-order chi connectivity index (χ1) is 8.86. The maximum atomic E-state index is 8.24. The molecule has 2 aromatic rings. The molecule has 0 saturated heterocycles. The van der Waals surface area contributed by atoms with E-state index < -0.39 is 0 Å². The molecule has 0 fully saturated rings. The highest BCUT2D eigenvalue weighted by Crippen LogP contribution is 1.92. The molecule has 0 radical (unpaired) electrons. The van der Waals surface area contributed by atoms with E-state index in [0.717, 1.165) is 11.3 Å². The van der Waals surface area contributed by atoms with Crippen LogP contribution in [0.3, 0.4) is 0 Å². The molecule has 0 atom stereocenters. The van der Waals surface area contributed by atoms with E-state index in [-0.39, 0.29) is 0 Å². The number of aromatic nitrogens is 2. The predicted molar refractivity (Wildman–Crippen MR) is 65.7 cm³/mol. The number of hydrogen-bond donors (Lipinski definition) is 4. The maximum absolute atomic E-state index is 8.24. The third kappa shape index (κ3) is 6.02. The van der Waals surface area contributed by atoms with Crippen LogP contribution in [0.25, 0.3) is 0 Å². The van der Waals surface area contributed by atoms with Crippen LogP contribution in [0.4, 0.5) is 0 Å². The van der Waals surface area contributed by atoms with Gasteiger partial charge in [-0.1, -0.05) is 12.1 Å². The lowest BCUT2D eigenvalue weighted by atomic mass is 10.3. The number of pyridine rings is 2. The van der Waals surface area contributed by atoms with Crippen LogP contribution in [0.15, 0.2) is 48.9 Å². The number of rotatable bonds is 4. The van der Waals surface area contributed by atoms with E-state index in [1.807, 2.05) is 41.3 Å². The molecule has 0 aliphatic carbocycles. The maximum Gasteiger partial charge on any atom is 0.0631 e. The molecule has 6 heteroatoms. The fourth-order valence-corrected chi connectivity index (χ4v) is 1.18. The molecule has 0 saturated carbocycles. The van der Waals surface area contributed by atoms with Gasteiger partial charge in [-0.05, 0) is 23.8 Å². The third-order valence-electron chi connectivity index (χ3n) is 1.99. The SMILES string of the molecule is ONCc1ccccn1.ONCc1cccnc1. The zero-order valence-corrected chi connectivity index (χ0v) is 9.82. The Kier molecular flexibility index (Phi) is 7.26. The van der Waals surface area contributed by atoms with Gasteiger partial charge in [-0.25, -0.2) is 5.48 Å². The van der Waals surface area contributed by atoms with Crippen molar-refractivity contribution in [2.45, 2.75) is 13.1 Å². The number of hydroxylamine groups is 2. The smallest absolute Gasteiger partial charge is 0.0631 e. The van der Waals surface area contributed by atoms with E-state index in [1.165, 1.54) is 0 Å². The summed E-state index contributed by atoms with van der Waals surface area (Å²) in [5.41, 5.74) is 5.87. The quantitative estimate of drug-likeness (QED) is 0.606. The van der Waals surface area contributed by atoms with Gasteiger partial charge < -0.3 is 10.4 Å². The Morgan fingerprint density at radius 3 is 2.33 bits per heavy atom. The van der Waals surface area contributed by atoms with Crippen LogP contribution in [-0.4, -0.2) is 20.4 Å². The Bertz CT molecular complexity index is 369. The van der Waals surface area contributed by atoms with Crippen molar-refractivity contribution in [3.8, 4) is 0 Å². The lowest BCUT2D eigenvalue weighted by Crippen LogP contribution is -2.06. The summed E-state index contributed by atoms with van der Waals surface area (Å²) in [4.78, 5) is 7.80.